The van der Waals surface area contributed by atoms with Gasteiger partial charge in [0.2, 0.25) is 0 Å². The predicted molar refractivity (Wildman–Crippen MR) is 132 cm³/mol. The van der Waals surface area contributed by atoms with Gasteiger partial charge in [-0.05, 0) is 61.4 Å². The first-order valence-electron chi connectivity index (χ1n) is 10.6. The number of amides is 2. The zero-order valence-electron chi connectivity index (χ0n) is 19.2. The Hall–Kier alpha value is -4.57. The number of nitrogens with one attached hydrogen (secondary N) is 2. The average Bonchev–Trinajstić information content (AvgIpc) is 2.84. The monoisotopic (exact) mass is 455 g/mol. The van der Waals surface area contributed by atoms with E-state index in [1.54, 1.807) is 30.3 Å². The molecular formula is C27H25N3O4. The standard InChI is InChI=1S/C27H25N3O4/c1-18-8-11-22(12-9-18)29-27(32)21(16-28)14-20-10-13-24(25(15-20)33-3)34-17-26(31)30-23-7-5-4-6-19(23)2/h4-15H,17H2,1-3H3,(H,29,32)(H,30,31)/b21-14-. The molecule has 7 heteroatoms. The Bertz CT molecular complexity index is 1260. The van der Waals surface area contributed by atoms with Crippen molar-refractivity contribution in [2.24, 2.45) is 0 Å². The second-order valence-electron chi connectivity index (χ2n) is 7.55. The average molecular weight is 456 g/mol. The van der Waals surface area contributed by atoms with Gasteiger partial charge in [0.05, 0.1) is 7.11 Å². The number of nitriles is 1. The molecule has 0 aromatic heterocycles. The summed E-state index contributed by atoms with van der Waals surface area (Å²) in [4.78, 5) is 24.8. The van der Waals surface area contributed by atoms with Crippen LogP contribution < -0.4 is 20.1 Å². The lowest BCUT2D eigenvalue weighted by Gasteiger charge is -2.12. The number of nitrogens with zero attached hydrogens (tertiary/aromatic N) is 1. The van der Waals surface area contributed by atoms with Crippen LogP contribution in [-0.2, 0) is 9.59 Å². The molecule has 0 bridgehead atoms. The molecule has 0 unspecified atom stereocenters. The number of rotatable bonds is 8. The fourth-order valence-electron chi connectivity index (χ4n) is 3.09. The second-order valence-corrected chi connectivity index (χ2v) is 7.55. The van der Waals surface area contributed by atoms with Gasteiger partial charge in [0, 0.05) is 11.4 Å². The first-order chi connectivity index (χ1) is 16.4. The maximum absolute atomic E-state index is 12.5. The van der Waals surface area contributed by atoms with Crippen molar-refractivity contribution in [3.8, 4) is 17.6 Å². The molecule has 0 aliphatic rings. The third-order valence-corrected chi connectivity index (χ3v) is 4.95. The van der Waals surface area contributed by atoms with Gasteiger partial charge in [0.15, 0.2) is 18.1 Å². The number of benzene rings is 3. The minimum atomic E-state index is -0.515. The Labute approximate surface area is 198 Å². The molecule has 0 saturated heterocycles. The van der Waals surface area contributed by atoms with Crippen molar-refractivity contribution < 1.29 is 19.1 Å². The van der Waals surface area contributed by atoms with Gasteiger partial charge >= 0.3 is 0 Å². The molecule has 3 aromatic carbocycles. The van der Waals surface area contributed by atoms with Crippen molar-refractivity contribution in [3.63, 3.8) is 0 Å². The van der Waals surface area contributed by atoms with Gasteiger partial charge < -0.3 is 20.1 Å². The molecule has 172 valence electrons. The fourth-order valence-corrected chi connectivity index (χ4v) is 3.09. The van der Waals surface area contributed by atoms with Crippen LogP contribution in [0.4, 0.5) is 11.4 Å². The zero-order valence-corrected chi connectivity index (χ0v) is 19.2. The highest BCUT2D eigenvalue weighted by Crippen LogP contribution is 2.29. The van der Waals surface area contributed by atoms with E-state index < -0.39 is 5.91 Å². The van der Waals surface area contributed by atoms with Crippen molar-refractivity contribution in [1.82, 2.24) is 0 Å². The van der Waals surface area contributed by atoms with E-state index in [2.05, 4.69) is 10.6 Å². The molecule has 0 atom stereocenters. The number of para-hydroxylation sites is 1. The Morgan fingerprint density at radius 2 is 1.71 bits per heavy atom. The van der Waals surface area contributed by atoms with E-state index in [-0.39, 0.29) is 18.1 Å². The van der Waals surface area contributed by atoms with Crippen LogP contribution in [0.5, 0.6) is 11.5 Å². The minimum Gasteiger partial charge on any atom is -0.493 e. The van der Waals surface area contributed by atoms with Crippen LogP contribution >= 0.6 is 0 Å². The van der Waals surface area contributed by atoms with Crippen LogP contribution in [-0.4, -0.2) is 25.5 Å². The number of anilines is 2. The van der Waals surface area contributed by atoms with Gasteiger partial charge in [-0.3, -0.25) is 9.59 Å². The smallest absolute Gasteiger partial charge is 0.266 e. The summed E-state index contributed by atoms with van der Waals surface area (Å²) in [5, 5.41) is 15.0. The van der Waals surface area contributed by atoms with Gasteiger partial charge in [-0.15, -0.1) is 0 Å². The molecule has 0 fully saturated rings. The topological polar surface area (TPSA) is 100 Å². The quantitative estimate of drug-likeness (QED) is 0.373. The molecule has 7 nitrogen and oxygen atoms in total. The van der Waals surface area contributed by atoms with E-state index in [0.717, 1.165) is 16.8 Å². The molecule has 2 N–H and O–H groups in total. The van der Waals surface area contributed by atoms with Crippen molar-refractivity contribution >= 4 is 29.3 Å². The number of hydrogen-bond acceptors (Lipinski definition) is 5. The molecule has 0 heterocycles. The Morgan fingerprint density at radius 1 is 0.971 bits per heavy atom. The van der Waals surface area contributed by atoms with Gasteiger partial charge in [0.1, 0.15) is 11.6 Å². The Kier molecular flexibility index (Phi) is 8.03. The van der Waals surface area contributed by atoms with Gasteiger partial charge in [-0.25, -0.2) is 0 Å². The van der Waals surface area contributed by atoms with Crippen LogP contribution in [0, 0.1) is 25.2 Å². The summed E-state index contributed by atoms with van der Waals surface area (Å²) in [6.07, 6.45) is 1.46. The SMILES string of the molecule is COc1cc(/C=C(/C#N)C(=O)Nc2ccc(C)cc2)ccc1OCC(=O)Nc1ccccc1C. The van der Waals surface area contributed by atoms with Gasteiger partial charge in [-0.1, -0.05) is 42.0 Å². The normalized spacial score (nSPS) is 10.7. The van der Waals surface area contributed by atoms with Crippen LogP contribution in [0.3, 0.4) is 0 Å². The van der Waals surface area contributed by atoms with Gasteiger partial charge in [-0.2, -0.15) is 5.26 Å². The molecular weight excluding hydrogens is 430 g/mol. The fraction of sp³-hybridized carbons (Fsp3) is 0.148. The summed E-state index contributed by atoms with van der Waals surface area (Å²) in [7, 11) is 1.47. The maximum Gasteiger partial charge on any atom is 0.266 e. The summed E-state index contributed by atoms with van der Waals surface area (Å²) < 4.78 is 11.0. The van der Waals surface area contributed by atoms with Crippen LogP contribution in [0.15, 0.2) is 72.3 Å². The number of carbonyl (C=O) groups excluding carboxylic acids is 2. The van der Waals surface area contributed by atoms with E-state index in [1.165, 1.54) is 13.2 Å². The Morgan fingerprint density at radius 3 is 2.38 bits per heavy atom. The lowest BCUT2D eigenvalue weighted by molar-refractivity contribution is -0.118. The summed E-state index contributed by atoms with van der Waals surface area (Å²) in [6, 6.07) is 21.6. The van der Waals surface area contributed by atoms with Gasteiger partial charge in [0.25, 0.3) is 11.8 Å². The highest BCUT2D eigenvalue weighted by atomic mass is 16.5. The number of hydrogen-bond donors (Lipinski definition) is 2. The third kappa shape index (κ3) is 6.47. The van der Waals surface area contributed by atoms with Crippen molar-refractivity contribution in [2.75, 3.05) is 24.4 Å². The summed E-state index contributed by atoms with van der Waals surface area (Å²) >= 11 is 0. The largest absolute Gasteiger partial charge is 0.493 e. The van der Waals surface area contributed by atoms with Crippen LogP contribution in [0.2, 0.25) is 0 Å². The number of methoxy groups -OCH3 is 1. The highest BCUT2D eigenvalue weighted by molar-refractivity contribution is 6.09. The van der Waals surface area contributed by atoms with Crippen molar-refractivity contribution in [1.29, 1.82) is 5.26 Å². The molecule has 0 radical (unpaired) electrons. The first-order valence-corrected chi connectivity index (χ1v) is 10.6. The van der Waals surface area contributed by atoms with Crippen molar-refractivity contribution in [3.05, 3.63) is 89.0 Å². The number of carbonyl (C=O) groups is 2. The summed E-state index contributed by atoms with van der Waals surface area (Å²) in [5.74, 6) is -0.0886. The summed E-state index contributed by atoms with van der Waals surface area (Å²) in [6.45, 7) is 3.65. The molecule has 0 aliphatic heterocycles. The second kappa shape index (κ2) is 11.3. The summed E-state index contributed by atoms with van der Waals surface area (Å²) in [5.41, 5.74) is 3.84. The number of aryl methyl sites for hydroxylation is 2. The molecule has 0 spiro atoms. The predicted octanol–water partition coefficient (Wildman–Crippen LogP) is 4.88. The van der Waals surface area contributed by atoms with Crippen LogP contribution in [0.25, 0.3) is 6.08 Å². The first kappa shape index (κ1) is 24.1. The molecule has 34 heavy (non-hydrogen) atoms. The zero-order chi connectivity index (χ0) is 24.5. The minimum absolute atomic E-state index is 0.0612. The molecule has 0 aliphatic carbocycles. The lowest BCUT2D eigenvalue weighted by atomic mass is 10.1. The highest BCUT2D eigenvalue weighted by Gasteiger charge is 2.12. The molecule has 0 saturated carbocycles. The molecule has 3 aromatic rings. The third-order valence-electron chi connectivity index (χ3n) is 4.95. The van der Waals surface area contributed by atoms with Crippen LogP contribution in [0.1, 0.15) is 16.7 Å². The molecule has 2 amide bonds. The van der Waals surface area contributed by atoms with E-state index in [0.29, 0.717) is 22.7 Å². The number of ether oxygens (including phenoxy) is 2. The molecule has 3 rings (SSSR count). The maximum atomic E-state index is 12.5. The van der Waals surface area contributed by atoms with E-state index in [4.69, 9.17) is 9.47 Å². The van der Waals surface area contributed by atoms with E-state index in [1.807, 2.05) is 56.3 Å². The van der Waals surface area contributed by atoms with E-state index >= 15 is 0 Å². The lowest BCUT2D eigenvalue weighted by Crippen LogP contribution is -2.20. The van der Waals surface area contributed by atoms with Crippen molar-refractivity contribution in [2.45, 2.75) is 13.8 Å². The Balaban J connectivity index is 1.68. The van der Waals surface area contributed by atoms with E-state index in [9.17, 15) is 14.9 Å².